The van der Waals surface area contributed by atoms with Crippen LogP contribution in [0.25, 0.3) is 0 Å². The van der Waals surface area contributed by atoms with Crippen LogP contribution in [0.15, 0.2) is 29.2 Å². The fourth-order valence-corrected chi connectivity index (χ4v) is 4.72. The summed E-state index contributed by atoms with van der Waals surface area (Å²) in [5, 5.41) is 0. The van der Waals surface area contributed by atoms with Crippen LogP contribution in [-0.4, -0.2) is 19.4 Å². The minimum atomic E-state index is -3.60. The number of benzene rings is 1. The van der Waals surface area contributed by atoms with Crippen molar-refractivity contribution in [3.8, 4) is 0 Å². The first-order valence-electron chi connectivity index (χ1n) is 7.33. The first-order chi connectivity index (χ1) is 9.92. The lowest BCUT2D eigenvalue weighted by atomic mass is 9.85. The van der Waals surface area contributed by atoms with Crippen molar-refractivity contribution in [2.75, 3.05) is 0 Å². The van der Waals surface area contributed by atoms with Crippen molar-refractivity contribution in [3.63, 3.8) is 0 Å². The first kappa shape index (κ1) is 16.4. The summed E-state index contributed by atoms with van der Waals surface area (Å²) in [5.74, 6) is 0.408. The zero-order chi connectivity index (χ0) is 15.5. The van der Waals surface area contributed by atoms with Gasteiger partial charge in [-0.2, -0.15) is 0 Å². The Labute approximate surface area is 132 Å². The van der Waals surface area contributed by atoms with E-state index in [4.69, 9.17) is 18.0 Å². The monoisotopic (exact) mass is 326 g/mol. The number of nitrogens with two attached hydrogens (primary N) is 1. The van der Waals surface area contributed by atoms with Gasteiger partial charge in [-0.3, -0.25) is 0 Å². The van der Waals surface area contributed by atoms with Gasteiger partial charge in [-0.05, 0) is 31.7 Å². The molecular formula is C15H22N2O2S2. The van der Waals surface area contributed by atoms with E-state index in [2.05, 4.69) is 4.72 Å². The Morgan fingerprint density at radius 3 is 2.52 bits per heavy atom. The largest absolute Gasteiger partial charge is 0.389 e. The van der Waals surface area contributed by atoms with Crippen LogP contribution < -0.4 is 10.5 Å². The molecule has 0 spiro atoms. The van der Waals surface area contributed by atoms with Crippen molar-refractivity contribution >= 4 is 27.2 Å². The predicted molar refractivity (Wildman–Crippen MR) is 88.7 cm³/mol. The average Bonchev–Trinajstić information content (AvgIpc) is 2.47. The second-order valence-electron chi connectivity index (χ2n) is 5.67. The minimum absolute atomic E-state index is 0.0743. The predicted octanol–water partition coefficient (Wildman–Crippen LogP) is 2.57. The summed E-state index contributed by atoms with van der Waals surface area (Å²) in [6, 6.07) is 6.53. The lowest BCUT2D eigenvalue weighted by Crippen LogP contribution is -2.39. The Balaban J connectivity index is 2.20. The zero-order valence-corrected chi connectivity index (χ0v) is 13.8. The van der Waals surface area contributed by atoms with E-state index in [9.17, 15) is 8.42 Å². The third kappa shape index (κ3) is 4.02. The molecule has 0 aromatic heterocycles. The molecule has 0 amide bonds. The maximum atomic E-state index is 12.6. The van der Waals surface area contributed by atoms with Crippen molar-refractivity contribution in [2.45, 2.75) is 50.0 Å². The number of nitrogens with one attached hydrogen (secondary N) is 1. The van der Waals surface area contributed by atoms with Crippen molar-refractivity contribution in [1.82, 2.24) is 4.72 Å². The summed E-state index contributed by atoms with van der Waals surface area (Å²) < 4.78 is 28.0. The summed E-state index contributed by atoms with van der Waals surface area (Å²) in [6.45, 7) is 1.94. The van der Waals surface area contributed by atoms with E-state index in [1.807, 2.05) is 6.92 Å². The average molecular weight is 326 g/mol. The van der Waals surface area contributed by atoms with Crippen LogP contribution in [0.2, 0.25) is 0 Å². The Morgan fingerprint density at radius 1 is 1.29 bits per heavy atom. The molecule has 0 aliphatic heterocycles. The molecule has 0 saturated heterocycles. The SMILES string of the molecule is CC(NS(=O)(=O)c1ccccc1C(N)=S)C1CCCCC1. The second-order valence-corrected chi connectivity index (χ2v) is 7.79. The summed E-state index contributed by atoms with van der Waals surface area (Å²) in [5.41, 5.74) is 6.02. The molecule has 116 valence electrons. The Bertz CT molecular complexity index is 608. The maximum Gasteiger partial charge on any atom is 0.241 e. The molecule has 1 aromatic rings. The van der Waals surface area contributed by atoms with Gasteiger partial charge in [0, 0.05) is 11.6 Å². The molecule has 1 aliphatic carbocycles. The van der Waals surface area contributed by atoms with Gasteiger partial charge in [0.05, 0.1) is 4.90 Å². The first-order valence-corrected chi connectivity index (χ1v) is 9.22. The summed E-state index contributed by atoms with van der Waals surface area (Å²) in [6.07, 6.45) is 5.78. The Hall–Kier alpha value is -0.980. The molecule has 21 heavy (non-hydrogen) atoms. The van der Waals surface area contributed by atoms with Crippen LogP contribution in [0.5, 0.6) is 0 Å². The Morgan fingerprint density at radius 2 is 1.90 bits per heavy atom. The Kier molecular flexibility index (Phi) is 5.35. The molecule has 0 heterocycles. The fourth-order valence-electron chi connectivity index (χ4n) is 2.94. The van der Waals surface area contributed by atoms with Crippen LogP contribution in [0.1, 0.15) is 44.6 Å². The lowest BCUT2D eigenvalue weighted by molar-refractivity contribution is 0.303. The van der Waals surface area contributed by atoms with Gasteiger partial charge < -0.3 is 5.73 Å². The van der Waals surface area contributed by atoms with E-state index in [-0.39, 0.29) is 15.9 Å². The van der Waals surface area contributed by atoms with Crippen LogP contribution >= 0.6 is 12.2 Å². The van der Waals surface area contributed by atoms with Gasteiger partial charge in [0.2, 0.25) is 10.0 Å². The highest BCUT2D eigenvalue weighted by molar-refractivity contribution is 7.89. The molecule has 1 unspecified atom stereocenters. The summed E-state index contributed by atoms with van der Waals surface area (Å²) in [4.78, 5) is 0.265. The highest BCUT2D eigenvalue weighted by Gasteiger charge is 2.26. The molecule has 2 rings (SSSR count). The smallest absolute Gasteiger partial charge is 0.241 e. The van der Waals surface area contributed by atoms with Gasteiger partial charge in [0.15, 0.2) is 0 Å². The van der Waals surface area contributed by atoms with E-state index in [0.717, 1.165) is 12.8 Å². The lowest BCUT2D eigenvalue weighted by Gasteiger charge is -2.28. The van der Waals surface area contributed by atoms with E-state index in [1.165, 1.54) is 19.3 Å². The van der Waals surface area contributed by atoms with Gasteiger partial charge in [0.1, 0.15) is 4.99 Å². The molecule has 4 nitrogen and oxygen atoms in total. The van der Waals surface area contributed by atoms with E-state index in [1.54, 1.807) is 24.3 Å². The van der Waals surface area contributed by atoms with E-state index >= 15 is 0 Å². The molecular weight excluding hydrogens is 304 g/mol. The normalized spacial score (nSPS) is 18.3. The van der Waals surface area contributed by atoms with Crippen molar-refractivity contribution in [1.29, 1.82) is 0 Å². The van der Waals surface area contributed by atoms with Gasteiger partial charge >= 0.3 is 0 Å². The number of hydrogen-bond acceptors (Lipinski definition) is 3. The van der Waals surface area contributed by atoms with Crippen LogP contribution in [0.3, 0.4) is 0 Å². The number of hydrogen-bond donors (Lipinski definition) is 2. The van der Waals surface area contributed by atoms with Gasteiger partial charge in [-0.15, -0.1) is 0 Å². The van der Waals surface area contributed by atoms with Crippen LogP contribution in [0.4, 0.5) is 0 Å². The highest BCUT2D eigenvalue weighted by Crippen LogP contribution is 2.27. The van der Waals surface area contributed by atoms with Crippen LogP contribution in [-0.2, 0) is 10.0 Å². The standard InChI is InChI=1S/C15H22N2O2S2/c1-11(12-7-3-2-4-8-12)17-21(18,19)14-10-6-5-9-13(14)15(16)20/h5-6,9-12,17H,2-4,7-8H2,1H3,(H2,16,20). The van der Waals surface area contributed by atoms with Gasteiger partial charge in [0.25, 0.3) is 0 Å². The third-order valence-electron chi connectivity index (χ3n) is 4.14. The van der Waals surface area contributed by atoms with E-state index in [0.29, 0.717) is 11.5 Å². The maximum absolute atomic E-state index is 12.6. The summed E-state index contributed by atoms with van der Waals surface area (Å²) >= 11 is 4.94. The fraction of sp³-hybridized carbons (Fsp3) is 0.533. The van der Waals surface area contributed by atoms with Crippen LogP contribution in [0, 0.1) is 5.92 Å². The molecule has 0 bridgehead atoms. The number of thiocarbonyl (C=S) groups is 1. The quantitative estimate of drug-likeness (QED) is 0.816. The number of rotatable bonds is 5. The molecule has 0 radical (unpaired) electrons. The van der Waals surface area contributed by atoms with Gasteiger partial charge in [-0.25, -0.2) is 13.1 Å². The van der Waals surface area contributed by atoms with E-state index < -0.39 is 10.0 Å². The summed E-state index contributed by atoms with van der Waals surface area (Å²) in [7, 11) is -3.60. The minimum Gasteiger partial charge on any atom is -0.389 e. The van der Waals surface area contributed by atoms with Crippen molar-refractivity contribution < 1.29 is 8.42 Å². The molecule has 3 N–H and O–H groups in total. The zero-order valence-electron chi connectivity index (χ0n) is 12.2. The van der Waals surface area contributed by atoms with Gasteiger partial charge in [-0.1, -0.05) is 49.7 Å². The van der Waals surface area contributed by atoms with Crippen molar-refractivity contribution in [2.24, 2.45) is 11.7 Å². The number of sulfonamides is 1. The molecule has 1 fully saturated rings. The molecule has 1 aromatic carbocycles. The van der Waals surface area contributed by atoms with Crippen molar-refractivity contribution in [3.05, 3.63) is 29.8 Å². The molecule has 6 heteroatoms. The third-order valence-corrected chi connectivity index (χ3v) is 5.98. The molecule has 1 atom stereocenters. The topological polar surface area (TPSA) is 72.2 Å². The molecule has 1 aliphatic rings. The molecule has 1 saturated carbocycles. The second kappa shape index (κ2) is 6.85. The highest BCUT2D eigenvalue weighted by atomic mass is 32.2.